The second kappa shape index (κ2) is 5.06. The molecule has 0 fully saturated rings. The highest BCUT2D eigenvalue weighted by atomic mass is 32.2. The van der Waals surface area contributed by atoms with Gasteiger partial charge in [0.15, 0.2) is 0 Å². The summed E-state index contributed by atoms with van der Waals surface area (Å²) in [6.45, 7) is 0.942. The molecule has 0 aliphatic carbocycles. The molecule has 0 bridgehead atoms. The van der Waals surface area contributed by atoms with Crippen molar-refractivity contribution in [3.8, 4) is 0 Å². The topological polar surface area (TPSA) is 56.2 Å². The Bertz CT molecular complexity index is 712. The molecule has 19 heavy (non-hydrogen) atoms. The second-order valence-corrected chi connectivity index (χ2v) is 6.84. The third-order valence-corrected chi connectivity index (χ3v) is 4.34. The molecule has 0 aliphatic rings. The molecule has 1 unspecified atom stereocenters. The van der Waals surface area contributed by atoms with Crippen LogP contribution in [0.25, 0.3) is 11.0 Å². The number of rotatable bonds is 4. The molecule has 1 heterocycles. The Hall–Kier alpha value is -1.20. The van der Waals surface area contributed by atoms with E-state index < -0.39 is 34.3 Å². The fourth-order valence-corrected chi connectivity index (χ4v) is 2.21. The van der Waals surface area contributed by atoms with Gasteiger partial charge in [-0.1, -0.05) is 6.85 Å². The van der Waals surface area contributed by atoms with E-state index in [0.717, 1.165) is 0 Å². The Morgan fingerprint density at radius 1 is 1.53 bits per heavy atom. The fourth-order valence-electron chi connectivity index (χ4n) is 1.88. The average molecular weight is 286 g/mol. The van der Waals surface area contributed by atoms with Crippen molar-refractivity contribution in [1.29, 1.82) is 0 Å². The fraction of sp³-hybridized carbons (Fsp3) is 0.429. The van der Waals surface area contributed by atoms with Crippen molar-refractivity contribution in [2.24, 2.45) is 5.14 Å². The smallest absolute Gasteiger partial charge is 0.134 e. The molecule has 0 radical (unpaired) electrons. The highest BCUT2D eigenvalue weighted by molar-refractivity contribution is 7.84. The van der Waals surface area contributed by atoms with Crippen LogP contribution in [0, 0.1) is 5.82 Å². The summed E-state index contributed by atoms with van der Waals surface area (Å²) in [4.78, 5) is 0. The summed E-state index contributed by atoms with van der Waals surface area (Å²) in [5.41, 5.74) is 0.414. The number of furan rings is 1. The lowest BCUT2D eigenvalue weighted by molar-refractivity contribution is 0.454. The van der Waals surface area contributed by atoms with Crippen LogP contribution in [0.1, 0.15) is 42.9 Å². The molecule has 104 valence electrons. The lowest BCUT2D eigenvalue weighted by Crippen LogP contribution is -2.33. The van der Waals surface area contributed by atoms with E-state index in [1.807, 2.05) is 0 Å². The lowest BCUT2D eigenvalue weighted by Gasteiger charge is -2.23. The molecule has 3 nitrogen and oxygen atoms in total. The molecule has 1 aromatic carbocycles. The van der Waals surface area contributed by atoms with E-state index in [-0.39, 0.29) is 12.2 Å². The minimum atomic E-state index is -2.34. The van der Waals surface area contributed by atoms with Crippen LogP contribution in [0.15, 0.2) is 28.7 Å². The number of fused-ring (bicyclic) bond motifs is 1. The summed E-state index contributed by atoms with van der Waals surface area (Å²) >= 11 is 0. The van der Waals surface area contributed by atoms with Crippen molar-refractivity contribution >= 4 is 22.0 Å². The Morgan fingerprint density at radius 2 is 2.26 bits per heavy atom. The normalized spacial score (nSPS) is 18.6. The van der Waals surface area contributed by atoms with E-state index in [1.54, 1.807) is 13.8 Å². The Labute approximate surface area is 118 Å². The zero-order valence-corrected chi connectivity index (χ0v) is 11.6. The van der Waals surface area contributed by atoms with Crippen LogP contribution in [-0.2, 0) is 11.0 Å². The molecule has 0 amide bonds. The van der Waals surface area contributed by atoms with Gasteiger partial charge in [-0.2, -0.15) is 0 Å². The van der Waals surface area contributed by atoms with Crippen molar-refractivity contribution in [3.63, 3.8) is 0 Å². The molecular formula is C14H18FNO2S. The summed E-state index contributed by atoms with van der Waals surface area (Å²) in [5, 5.41) is 5.94. The summed E-state index contributed by atoms with van der Waals surface area (Å²) in [6, 6.07) is 5.51. The first-order chi connectivity index (χ1) is 10.0. The summed E-state index contributed by atoms with van der Waals surface area (Å²) < 4.78 is 52.7. The van der Waals surface area contributed by atoms with E-state index >= 15 is 0 Å². The van der Waals surface area contributed by atoms with Crippen LogP contribution in [0.4, 0.5) is 4.39 Å². The van der Waals surface area contributed by atoms with Crippen molar-refractivity contribution in [1.82, 2.24) is 0 Å². The first-order valence-electron chi connectivity index (χ1n) is 7.36. The monoisotopic (exact) mass is 286 g/mol. The minimum absolute atomic E-state index is 0.0644. The number of halogens is 1. The maximum absolute atomic E-state index is 13.2. The van der Waals surface area contributed by atoms with Crippen LogP contribution in [-0.4, -0.2) is 8.96 Å². The standard InChI is InChI=1S/C14H18FNO2S/c1-9(8-14(2,3)19(16)17)13-7-10-6-11(15)4-5-12(10)18-13/h4-7,9H,8,16H2,1-3H3/t9-,19?/m0/s1/i1D3. The number of benzene rings is 1. The van der Waals surface area contributed by atoms with Gasteiger partial charge in [-0.15, -0.1) is 0 Å². The van der Waals surface area contributed by atoms with Crippen LogP contribution in [0.2, 0.25) is 0 Å². The van der Waals surface area contributed by atoms with Gasteiger partial charge in [-0.05, 0) is 44.5 Å². The van der Waals surface area contributed by atoms with Gasteiger partial charge in [0.25, 0.3) is 0 Å². The van der Waals surface area contributed by atoms with Gasteiger partial charge < -0.3 is 4.42 Å². The first kappa shape index (κ1) is 10.6. The predicted octanol–water partition coefficient (Wildman–Crippen LogP) is 3.47. The maximum Gasteiger partial charge on any atom is 0.134 e. The molecule has 5 heteroatoms. The quantitative estimate of drug-likeness (QED) is 0.935. The van der Waals surface area contributed by atoms with E-state index in [1.165, 1.54) is 24.3 Å². The Morgan fingerprint density at radius 3 is 2.89 bits per heavy atom. The number of nitrogens with two attached hydrogens (primary N) is 1. The zero-order valence-electron chi connectivity index (χ0n) is 13.8. The molecule has 0 aliphatic heterocycles. The molecule has 2 rings (SSSR count). The van der Waals surface area contributed by atoms with Crippen molar-refractivity contribution < 1.29 is 17.1 Å². The summed E-state index contributed by atoms with van der Waals surface area (Å²) in [5.74, 6) is -1.17. The van der Waals surface area contributed by atoms with Gasteiger partial charge in [-0.3, -0.25) is 5.14 Å². The van der Waals surface area contributed by atoms with Gasteiger partial charge in [0.05, 0.1) is 15.7 Å². The third-order valence-electron chi connectivity index (χ3n) is 3.08. The molecule has 0 saturated carbocycles. The van der Waals surface area contributed by atoms with Gasteiger partial charge in [0, 0.05) is 15.4 Å². The lowest BCUT2D eigenvalue weighted by atomic mass is 9.96. The first-order valence-corrected chi connectivity index (χ1v) is 7.07. The highest BCUT2D eigenvalue weighted by Crippen LogP contribution is 2.32. The summed E-state index contributed by atoms with van der Waals surface area (Å²) in [7, 11) is -1.68. The molecule has 0 spiro atoms. The third kappa shape index (κ3) is 3.04. The van der Waals surface area contributed by atoms with Gasteiger partial charge in [-0.25, -0.2) is 8.60 Å². The van der Waals surface area contributed by atoms with Crippen LogP contribution >= 0.6 is 0 Å². The molecular weight excluding hydrogens is 265 g/mol. The molecule has 2 aromatic rings. The maximum atomic E-state index is 13.2. The second-order valence-electron chi connectivity index (χ2n) is 5.14. The molecule has 0 saturated heterocycles. The molecule has 2 N–H and O–H groups in total. The predicted molar refractivity (Wildman–Crippen MR) is 75.6 cm³/mol. The Balaban J connectivity index is 2.46. The van der Waals surface area contributed by atoms with E-state index in [0.29, 0.717) is 11.0 Å². The molecule has 1 aromatic heterocycles. The van der Waals surface area contributed by atoms with Crippen LogP contribution in [0.5, 0.6) is 0 Å². The van der Waals surface area contributed by atoms with Crippen molar-refractivity contribution in [2.75, 3.05) is 0 Å². The van der Waals surface area contributed by atoms with Gasteiger partial charge in [0.1, 0.15) is 17.2 Å². The highest BCUT2D eigenvalue weighted by Gasteiger charge is 2.28. The van der Waals surface area contributed by atoms with E-state index in [4.69, 9.17) is 13.7 Å². The SMILES string of the molecule is [2H]C([2H])([2H])[C@@H](CC(C)(C)S(N)=O)c1cc2cc(F)ccc2o1. The number of hydrogen-bond donors (Lipinski definition) is 1. The van der Waals surface area contributed by atoms with E-state index in [9.17, 15) is 8.60 Å². The van der Waals surface area contributed by atoms with Crippen LogP contribution in [0.3, 0.4) is 0 Å². The minimum Gasteiger partial charge on any atom is -0.461 e. The molecule has 2 atom stereocenters. The zero-order chi connectivity index (χ0) is 16.7. The average Bonchev–Trinajstić information content (AvgIpc) is 2.76. The van der Waals surface area contributed by atoms with Crippen molar-refractivity contribution in [2.45, 2.75) is 37.8 Å². The van der Waals surface area contributed by atoms with Gasteiger partial charge >= 0.3 is 0 Å². The number of hydrogen-bond acceptors (Lipinski definition) is 2. The van der Waals surface area contributed by atoms with Gasteiger partial charge in [0.2, 0.25) is 0 Å². The van der Waals surface area contributed by atoms with E-state index in [2.05, 4.69) is 0 Å². The van der Waals surface area contributed by atoms with Crippen LogP contribution < -0.4 is 5.14 Å². The summed E-state index contributed by atoms with van der Waals surface area (Å²) in [6.07, 6.45) is 0.0644. The Kier molecular flexibility index (Phi) is 2.81. The van der Waals surface area contributed by atoms with Crippen molar-refractivity contribution in [3.05, 3.63) is 35.8 Å². The largest absolute Gasteiger partial charge is 0.461 e.